The maximum absolute atomic E-state index is 13.7. The van der Waals surface area contributed by atoms with Gasteiger partial charge in [-0.05, 0) is 61.4 Å². The molecule has 2 aromatic rings. The van der Waals surface area contributed by atoms with E-state index in [1.54, 1.807) is 17.0 Å². The predicted molar refractivity (Wildman–Crippen MR) is 152 cm³/mol. The van der Waals surface area contributed by atoms with E-state index in [1.165, 1.54) is 24.0 Å². The van der Waals surface area contributed by atoms with Crippen molar-refractivity contribution in [3.05, 3.63) is 42.5 Å². The molecule has 216 valence electrons. The molecule has 1 saturated heterocycles. The number of nitrogens with two attached hydrogens (primary N) is 1. The highest BCUT2D eigenvalue weighted by molar-refractivity contribution is 7.89. The summed E-state index contributed by atoms with van der Waals surface area (Å²) >= 11 is 0. The second kappa shape index (κ2) is 12.8. The maximum atomic E-state index is 13.7. The number of benzene rings is 2. The molecule has 40 heavy (non-hydrogen) atoms. The molecule has 2 amide bonds. The number of hydrogen-bond donors (Lipinski definition) is 4. The van der Waals surface area contributed by atoms with Crippen LogP contribution >= 0.6 is 0 Å². The number of likely N-dealkylation sites (tertiary alicyclic amines) is 1. The van der Waals surface area contributed by atoms with Gasteiger partial charge in [0.1, 0.15) is 11.8 Å². The fourth-order valence-electron chi connectivity index (χ4n) is 5.07. The van der Waals surface area contributed by atoms with E-state index < -0.39 is 27.9 Å². The zero-order valence-electron chi connectivity index (χ0n) is 22.8. The quantitative estimate of drug-likeness (QED) is 0.222. The van der Waals surface area contributed by atoms with Gasteiger partial charge in [-0.25, -0.2) is 8.42 Å². The first-order valence-electron chi connectivity index (χ1n) is 13.7. The lowest BCUT2D eigenvalue weighted by molar-refractivity contribution is -0.136. The summed E-state index contributed by atoms with van der Waals surface area (Å²) in [7, 11) is -4.15. The number of sulfonamides is 1. The van der Waals surface area contributed by atoms with Crippen LogP contribution in [0.25, 0.3) is 10.8 Å². The Hall–Kier alpha value is -3.51. The van der Waals surface area contributed by atoms with Crippen molar-refractivity contribution >= 4 is 44.4 Å². The van der Waals surface area contributed by atoms with Gasteiger partial charge in [0.05, 0.1) is 11.3 Å². The lowest BCUT2D eigenvalue weighted by Gasteiger charge is -2.33. The third-order valence-electron chi connectivity index (χ3n) is 7.44. The van der Waals surface area contributed by atoms with Crippen LogP contribution in [0.1, 0.15) is 45.4 Å². The Morgan fingerprint density at radius 2 is 1.85 bits per heavy atom. The predicted octanol–water partition coefficient (Wildman–Crippen LogP) is 1.57. The number of nitrogens with zero attached hydrogens (tertiary/aromatic N) is 2. The number of carbonyl (C=O) groups is 3. The third-order valence-corrected chi connectivity index (χ3v) is 8.91. The van der Waals surface area contributed by atoms with Crippen molar-refractivity contribution in [1.82, 2.24) is 19.8 Å². The molecule has 4 rings (SSSR count). The van der Waals surface area contributed by atoms with Crippen LogP contribution in [0.15, 0.2) is 47.4 Å². The van der Waals surface area contributed by atoms with Gasteiger partial charge in [-0.2, -0.15) is 4.72 Å². The summed E-state index contributed by atoms with van der Waals surface area (Å²) in [6.07, 6.45) is 3.04. The van der Waals surface area contributed by atoms with Crippen LogP contribution in [0.3, 0.4) is 0 Å². The van der Waals surface area contributed by atoms with Gasteiger partial charge in [-0.15, -0.1) is 0 Å². The van der Waals surface area contributed by atoms with E-state index in [4.69, 9.17) is 11.1 Å². The summed E-state index contributed by atoms with van der Waals surface area (Å²) in [5.74, 6) is -0.957. The zero-order valence-corrected chi connectivity index (χ0v) is 23.6. The SMILES string of the molecule is CC(=O)CCN(C(=O)[C@H](CC(=O)NCC1CCCN(C(=N)N)C1)NS(=O)(=O)c1ccc2ccccc2c1)C1CC1. The van der Waals surface area contributed by atoms with Gasteiger partial charge in [0.2, 0.25) is 21.8 Å². The summed E-state index contributed by atoms with van der Waals surface area (Å²) in [6, 6.07) is 10.7. The molecule has 0 bridgehead atoms. The Morgan fingerprint density at radius 1 is 1.12 bits per heavy atom. The van der Waals surface area contributed by atoms with Crippen molar-refractivity contribution in [1.29, 1.82) is 5.41 Å². The molecule has 1 saturated carbocycles. The Labute approximate surface area is 235 Å². The van der Waals surface area contributed by atoms with Crippen molar-refractivity contribution < 1.29 is 22.8 Å². The van der Waals surface area contributed by atoms with Crippen LogP contribution in [-0.4, -0.2) is 80.0 Å². The number of piperidine rings is 1. The number of hydrogen-bond acceptors (Lipinski definition) is 6. The lowest BCUT2D eigenvalue weighted by Crippen LogP contribution is -2.52. The fourth-order valence-corrected chi connectivity index (χ4v) is 6.30. The lowest BCUT2D eigenvalue weighted by atomic mass is 9.98. The summed E-state index contributed by atoms with van der Waals surface area (Å²) in [6.45, 7) is 3.20. The zero-order chi connectivity index (χ0) is 28.9. The molecule has 2 aliphatic rings. The van der Waals surface area contributed by atoms with Gasteiger partial charge in [-0.3, -0.25) is 19.8 Å². The Balaban J connectivity index is 1.50. The minimum atomic E-state index is -4.15. The largest absolute Gasteiger partial charge is 0.370 e. The first kappa shape index (κ1) is 29.5. The van der Waals surface area contributed by atoms with Gasteiger partial charge < -0.3 is 20.9 Å². The molecule has 1 aliphatic heterocycles. The second-order valence-corrected chi connectivity index (χ2v) is 12.5. The van der Waals surface area contributed by atoms with Gasteiger partial charge in [-0.1, -0.05) is 30.3 Å². The van der Waals surface area contributed by atoms with Crippen LogP contribution in [0, 0.1) is 11.3 Å². The van der Waals surface area contributed by atoms with Crippen LogP contribution in [0.4, 0.5) is 0 Å². The first-order chi connectivity index (χ1) is 19.0. The van der Waals surface area contributed by atoms with Gasteiger partial charge in [0.25, 0.3) is 0 Å². The number of nitrogens with one attached hydrogen (secondary N) is 3. The molecule has 12 heteroatoms. The van der Waals surface area contributed by atoms with E-state index >= 15 is 0 Å². The summed E-state index contributed by atoms with van der Waals surface area (Å²) in [5.41, 5.74) is 5.62. The summed E-state index contributed by atoms with van der Waals surface area (Å²) in [4.78, 5) is 41.7. The van der Waals surface area contributed by atoms with Gasteiger partial charge in [0.15, 0.2) is 5.96 Å². The van der Waals surface area contributed by atoms with E-state index in [-0.39, 0.29) is 48.0 Å². The standard InChI is InChI=1S/C28H38N6O5S/c1-19(35)12-14-34(23-9-10-23)27(37)25(16-26(36)31-17-20-5-4-13-33(18-20)28(29)30)32-40(38,39)24-11-8-21-6-2-3-7-22(21)15-24/h2-3,6-8,11,15,20,23,25,32H,4-5,9-10,12-14,16-18H2,1H3,(H3,29,30)(H,31,36)/t20?,25-/m0/s1. The molecular weight excluding hydrogens is 532 g/mol. The normalized spacial score (nSPS) is 18.2. The highest BCUT2D eigenvalue weighted by atomic mass is 32.2. The van der Waals surface area contributed by atoms with Crippen molar-refractivity contribution in [2.75, 3.05) is 26.2 Å². The molecule has 1 aliphatic carbocycles. The fraction of sp³-hybridized carbons (Fsp3) is 0.500. The van der Waals surface area contributed by atoms with E-state index in [1.807, 2.05) is 18.2 Å². The van der Waals surface area contributed by atoms with Crippen LogP contribution in [0.2, 0.25) is 0 Å². The van der Waals surface area contributed by atoms with E-state index in [9.17, 15) is 22.8 Å². The summed E-state index contributed by atoms with van der Waals surface area (Å²) < 4.78 is 29.4. The third kappa shape index (κ3) is 7.79. The van der Waals surface area contributed by atoms with E-state index in [0.29, 0.717) is 19.6 Å². The number of Topliss-reactive ketones (excluding diaryl/α,β-unsaturated/α-hetero) is 1. The number of carbonyl (C=O) groups excluding carboxylic acids is 3. The minimum Gasteiger partial charge on any atom is -0.370 e. The molecule has 0 radical (unpaired) electrons. The number of rotatable bonds is 12. The summed E-state index contributed by atoms with van der Waals surface area (Å²) in [5, 5.41) is 12.1. The van der Waals surface area contributed by atoms with Crippen molar-refractivity contribution in [3.8, 4) is 0 Å². The number of guanidine groups is 1. The van der Waals surface area contributed by atoms with E-state index in [2.05, 4.69) is 10.0 Å². The molecule has 5 N–H and O–H groups in total. The minimum absolute atomic E-state index is 0.00218. The Bertz CT molecular complexity index is 1380. The molecule has 2 atom stereocenters. The van der Waals surface area contributed by atoms with E-state index in [0.717, 1.165) is 36.5 Å². The molecule has 2 fully saturated rings. The smallest absolute Gasteiger partial charge is 0.241 e. The van der Waals surface area contributed by atoms with Crippen molar-refractivity contribution in [2.24, 2.45) is 11.7 Å². The van der Waals surface area contributed by atoms with Gasteiger partial charge in [0, 0.05) is 38.6 Å². The van der Waals surface area contributed by atoms with Crippen molar-refractivity contribution in [3.63, 3.8) is 0 Å². The van der Waals surface area contributed by atoms with Crippen molar-refractivity contribution in [2.45, 2.75) is 62.4 Å². The maximum Gasteiger partial charge on any atom is 0.241 e. The average Bonchev–Trinajstić information content (AvgIpc) is 3.76. The molecule has 1 unspecified atom stereocenters. The van der Waals surface area contributed by atoms with Crippen LogP contribution < -0.4 is 15.8 Å². The number of amides is 2. The topological polar surface area (TPSA) is 166 Å². The number of ketones is 1. The Kier molecular flexibility index (Phi) is 9.41. The van der Waals surface area contributed by atoms with Gasteiger partial charge >= 0.3 is 0 Å². The monoisotopic (exact) mass is 570 g/mol. The highest BCUT2D eigenvalue weighted by Gasteiger charge is 2.38. The average molecular weight is 571 g/mol. The first-order valence-corrected chi connectivity index (χ1v) is 15.2. The van der Waals surface area contributed by atoms with Crippen LogP contribution in [0.5, 0.6) is 0 Å². The molecule has 0 aromatic heterocycles. The second-order valence-electron chi connectivity index (χ2n) is 10.7. The molecular formula is C28H38N6O5S. The molecule has 2 aromatic carbocycles. The Morgan fingerprint density at radius 3 is 2.52 bits per heavy atom. The molecule has 11 nitrogen and oxygen atoms in total. The molecule has 1 heterocycles. The highest BCUT2D eigenvalue weighted by Crippen LogP contribution is 2.28. The van der Waals surface area contributed by atoms with Crippen LogP contribution in [-0.2, 0) is 24.4 Å². The number of fused-ring (bicyclic) bond motifs is 1. The molecule has 0 spiro atoms.